The van der Waals surface area contributed by atoms with Crippen molar-refractivity contribution in [2.24, 2.45) is 5.41 Å². The maximum Gasteiger partial charge on any atom is 0.188 e. The Bertz CT molecular complexity index is 474. The van der Waals surface area contributed by atoms with Crippen molar-refractivity contribution < 1.29 is 23.7 Å². The summed E-state index contributed by atoms with van der Waals surface area (Å²) in [5, 5.41) is 0. The summed E-state index contributed by atoms with van der Waals surface area (Å²) in [6, 6.07) is 0. The van der Waals surface area contributed by atoms with Crippen molar-refractivity contribution >= 4 is 0 Å². The molecule has 0 spiro atoms. The number of hydrogen-bond donors (Lipinski definition) is 0. The second-order valence-electron chi connectivity index (χ2n) is 7.57. The first-order chi connectivity index (χ1) is 10.7. The Hall–Kier alpha value is -0.720. The second-order valence-corrected chi connectivity index (χ2v) is 7.57. The molecule has 3 rings (SSSR count). The zero-order valence-electron chi connectivity index (χ0n) is 14.5. The lowest BCUT2D eigenvalue weighted by atomic mass is 9.71. The van der Waals surface area contributed by atoms with E-state index in [1.165, 1.54) is 0 Å². The van der Waals surface area contributed by atoms with E-state index < -0.39 is 17.9 Å². The normalized spacial score (nSPS) is 40.0. The quantitative estimate of drug-likeness (QED) is 0.727. The second kappa shape index (κ2) is 5.67. The highest BCUT2D eigenvalue weighted by atomic mass is 16.8. The summed E-state index contributed by atoms with van der Waals surface area (Å²) in [5.41, 5.74) is -0.309. The molecule has 0 aromatic rings. The third-order valence-corrected chi connectivity index (χ3v) is 4.89. The average molecular weight is 324 g/mol. The SMILES string of the molecule is C=CCC1(CC=C)[C@@H]([C@H]2COC(C)(C)O2)O[C@@H]2OC(C)(C)O[C@@H]21. The van der Waals surface area contributed by atoms with Crippen LogP contribution in [0.5, 0.6) is 0 Å². The predicted octanol–water partition coefficient (Wildman–Crippen LogP) is 3.15. The van der Waals surface area contributed by atoms with Crippen LogP contribution in [-0.2, 0) is 23.7 Å². The predicted molar refractivity (Wildman–Crippen MR) is 85.7 cm³/mol. The largest absolute Gasteiger partial charge is 0.348 e. The number of fused-ring (bicyclic) bond motifs is 1. The third-order valence-electron chi connectivity index (χ3n) is 4.89. The monoisotopic (exact) mass is 324 g/mol. The van der Waals surface area contributed by atoms with Gasteiger partial charge in [-0.25, -0.2) is 0 Å². The molecule has 3 fully saturated rings. The van der Waals surface area contributed by atoms with Crippen LogP contribution < -0.4 is 0 Å². The first kappa shape index (κ1) is 17.1. The topological polar surface area (TPSA) is 46.2 Å². The molecule has 5 heteroatoms. The van der Waals surface area contributed by atoms with Gasteiger partial charge in [-0.05, 0) is 40.5 Å². The zero-order valence-corrected chi connectivity index (χ0v) is 14.5. The molecule has 3 aliphatic heterocycles. The van der Waals surface area contributed by atoms with Crippen molar-refractivity contribution in [1.29, 1.82) is 0 Å². The van der Waals surface area contributed by atoms with Gasteiger partial charge in [0.25, 0.3) is 0 Å². The van der Waals surface area contributed by atoms with Gasteiger partial charge in [0.15, 0.2) is 17.9 Å². The fourth-order valence-electron chi connectivity index (χ4n) is 4.07. The van der Waals surface area contributed by atoms with E-state index in [2.05, 4.69) is 13.2 Å². The van der Waals surface area contributed by atoms with E-state index in [1.807, 2.05) is 39.8 Å². The van der Waals surface area contributed by atoms with E-state index >= 15 is 0 Å². The third kappa shape index (κ3) is 2.89. The van der Waals surface area contributed by atoms with Crippen LogP contribution in [-0.4, -0.2) is 42.8 Å². The van der Waals surface area contributed by atoms with Crippen molar-refractivity contribution in [2.75, 3.05) is 6.61 Å². The molecule has 3 heterocycles. The van der Waals surface area contributed by atoms with Gasteiger partial charge in [0.1, 0.15) is 12.2 Å². The van der Waals surface area contributed by atoms with Crippen molar-refractivity contribution in [3.05, 3.63) is 25.3 Å². The van der Waals surface area contributed by atoms with Crippen LogP contribution in [0.2, 0.25) is 0 Å². The summed E-state index contributed by atoms with van der Waals surface area (Å²) in [7, 11) is 0. The number of rotatable bonds is 5. The Kier molecular flexibility index (Phi) is 4.22. The molecule has 0 radical (unpaired) electrons. The summed E-state index contributed by atoms with van der Waals surface area (Å²) in [6.07, 6.45) is 4.38. The highest BCUT2D eigenvalue weighted by molar-refractivity contribution is 5.11. The van der Waals surface area contributed by atoms with Gasteiger partial charge in [-0.1, -0.05) is 12.2 Å². The van der Waals surface area contributed by atoms with Gasteiger partial charge in [-0.2, -0.15) is 0 Å². The van der Waals surface area contributed by atoms with Crippen molar-refractivity contribution in [3.63, 3.8) is 0 Å². The fraction of sp³-hybridized carbons (Fsp3) is 0.778. The molecule has 0 saturated carbocycles. The van der Waals surface area contributed by atoms with E-state index in [1.54, 1.807) is 0 Å². The molecule has 5 nitrogen and oxygen atoms in total. The lowest BCUT2D eigenvalue weighted by Crippen LogP contribution is -2.48. The van der Waals surface area contributed by atoms with Gasteiger partial charge < -0.3 is 23.7 Å². The summed E-state index contributed by atoms with van der Waals surface area (Å²) >= 11 is 0. The maximum atomic E-state index is 6.27. The molecule has 0 amide bonds. The van der Waals surface area contributed by atoms with Crippen molar-refractivity contribution in [1.82, 2.24) is 0 Å². The summed E-state index contributed by atoms with van der Waals surface area (Å²) in [5.74, 6) is -1.25. The molecule has 130 valence electrons. The van der Waals surface area contributed by atoms with E-state index in [0.29, 0.717) is 6.61 Å². The smallest absolute Gasteiger partial charge is 0.188 e. The fourth-order valence-corrected chi connectivity index (χ4v) is 4.07. The lowest BCUT2D eigenvalue weighted by Gasteiger charge is -2.39. The van der Waals surface area contributed by atoms with Crippen LogP contribution in [0.15, 0.2) is 25.3 Å². The average Bonchev–Trinajstić information content (AvgIpc) is 3.02. The zero-order chi connectivity index (χ0) is 16.9. The van der Waals surface area contributed by atoms with E-state index in [9.17, 15) is 0 Å². The van der Waals surface area contributed by atoms with Gasteiger partial charge in [0.2, 0.25) is 0 Å². The Morgan fingerprint density at radius 1 is 0.913 bits per heavy atom. The van der Waals surface area contributed by atoms with Gasteiger partial charge in [-0.15, -0.1) is 13.2 Å². The van der Waals surface area contributed by atoms with Crippen LogP contribution in [0.4, 0.5) is 0 Å². The van der Waals surface area contributed by atoms with E-state index in [4.69, 9.17) is 23.7 Å². The Balaban J connectivity index is 1.92. The number of allylic oxidation sites excluding steroid dienone is 2. The van der Waals surface area contributed by atoms with Crippen LogP contribution in [0, 0.1) is 5.41 Å². The lowest BCUT2D eigenvalue weighted by molar-refractivity contribution is -0.237. The molecule has 0 unspecified atom stereocenters. The Labute approximate surface area is 138 Å². The van der Waals surface area contributed by atoms with Gasteiger partial charge in [0.05, 0.1) is 12.7 Å². The number of ether oxygens (including phenoxy) is 5. The van der Waals surface area contributed by atoms with E-state index in [-0.39, 0.29) is 23.7 Å². The van der Waals surface area contributed by atoms with Gasteiger partial charge in [0, 0.05) is 5.41 Å². The highest BCUT2D eigenvalue weighted by Gasteiger charge is 2.65. The molecule has 0 bridgehead atoms. The molecular weight excluding hydrogens is 296 g/mol. The van der Waals surface area contributed by atoms with Gasteiger partial charge >= 0.3 is 0 Å². The molecule has 0 N–H and O–H groups in total. The standard InChI is InChI=1S/C18H28O5/c1-7-9-18(10-8-2)13(12-11-19-16(3,4)21-12)20-15-14(18)22-17(5,6)23-15/h7-8,12-15H,1-2,9-11H2,3-6H3/t12-,13-,14+,15-/m1/s1. The molecule has 3 aliphatic rings. The first-order valence-corrected chi connectivity index (χ1v) is 8.28. The van der Waals surface area contributed by atoms with Crippen LogP contribution in [0.1, 0.15) is 40.5 Å². The van der Waals surface area contributed by atoms with Crippen LogP contribution in [0.3, 0.4) is 0 Å². The molecule has 3 saturated heterocycles. The molecule has 0 aromatic carbocycles. The molecule has 4 atom stereocenters. The number of hydrogen-bond acceptors (Lipinski definition) is 5. The highest BCUT2D eigenvalue weighted by Crippen LogP contribution is 2.54. The summed E-state index contributed by atoms with van der Waals surface area (Å²) in [6.45, 7) is 16.0. The van der Waals surface area contributed by atoms with E-state index in [0.717, 1.165) is 12.8 Å². The summed E-state index contributed by atoms with van der Waals surface area (Å²) in [4.78, 5) is 0. The minimum Gasteiger partial charge on any atom is -0.348 e. The molecular formula is C18H28O5. The Morgan fingerprint density at radius 3 is 2.09 bits per heavy atom. The van der Waals surface area contributed by atoms with Crippen LogP contribution in [0.25, 0.3) is 0 Å². The van der Waals surface area contributed by atoms with Crippen LogP contribution >= 0.6 is 0 Å². The molecule has 0 aliphatic carbocycles. The van der Waals surface area contributed by atoms with Gasteiger partial charge in [-0.3, -0.25) is 0 Å². The molecule has 23 heavy (non-hydrogen) atoms. The van der Waals surface area contributed by atoms with Crippen molar-refractivity contribution in [2.45, 2.75) is 76.7 Å². The summed E-state index contributed by atoms with van der Waals surface area (Å²) < 4.78 is 30.2. The minimum absolute atomic E-state index is 0.161. The Morgan fingerprint density at radius 2 is 1.57 bits per heavy atom. The minimum atomic E-state index is -0.653. The van der Waals surface area contributed by atoms with Crippen molar-refractivity contribution in [3.8, 4) is 0 Å². The molecule has 0 aromatic heterocycles. The maximum absolute atomic E-state index is 6.27. The first-order valence-electron chi connectivity index (χ1n) is 8.28.